The molecular formula is C15H10ClIN2O. The van der Waals surface area contributed by atoms with Crippen LogP contribution in [0.1, 0.15) is 0 Å². The lowest BCUT2D eigenvalue weighted by atomic mass is 10.0. The average molecular weight is 397 g/mol. The zero-order valence-corrected chi connectivity index (χ0v) is 13.2. The largest absolute Gasteiger partial charge is 0.380 e. The van der Waals surface area contributed by atoms with Gasteiger partial charge in [0.1, 0.15) is 0 Å². The van der Waals surface area contributed by atoms with Crippen molar-refractivity contribution in [1.29, 1.82) is 0 Å². The first kappa shape index (κ1) is 13.5. The maximum atomic E-state index is 6.08. The molecule has 3 rings (SSSR count). The van der Waals surface area contributed by atoms with E-state index in [0.29, 0.717) is 16.6 Å². The van der Waals surface area contributed by atoms with Gasteiger partial charge in [-0.1, -0.05) is 47.1 Å². The Kier molecular flexibility index (Phi) is 3.67. The van der Waals surface area contributed by atoms with Crippen LogP contribution >= 0.6 is 34.2 Å². The lowest BCUT2D eigenvalue weighted by Gasteiger charge is -2.05. The smallest absolute Gasteiger partial charge is 0.178 e. The van der Waals surface area contributed by atoms with Crippen LogP contribution in [0.3, 0.4) is 0 Å². The second-order valence-corrected chi connectivity index (χ2v) is 5.86. The van der Waals surface area contributed by atoms with E-state index in [4.69, 9.17) is 21.9 Å². The summed E-state index contributed by atoms with van der Waals surface area (Å²) >= 11 is 8.31. The average Bonchev–Trinajstić information content (AvgIpc) is 2.84. The SMILES string of the molecule is Nc1noc(-c2cc(Cl)ccc2I)c1-c1ccccc1. The number of hydrogen-bond donors (Lipinski definition) is 1. The highest BCUT2D eigenvalue weighted by molar-refractivity contribution is 14.1. The molecule has 2 aromatic carbocycles. The lowest BCUT2D eigenvalue weighted by molar-refractivity contribution is 0.436. The van der Waals surface area contributed by atoms with Crippen LogP contribution in [0.4, 0.5) is 5.82 Å². The summed E-state index contributed by atoms with van der Waals surface area (Å²) in [6.07, 6.45) is 0. The molecular weight excluding hydrogens is 387 g/mol. The van der Waals surface area contributed by atoms with Crippen LogP contribution in [-0.4, -0.2) is 5.16 Å². The number of halogens is 2. The molecule has 1 heterocycles. The van der Waals surface area contributed by atoms with Gasteiger partial charge in [-0.25, -0.2) is 0 Å². The van der Waals surface area contributed by atoms with E-state index in [1.54, 1.807) is 0 Å². The first-order valence-electron chi connectivity index (χ1n) is 5.93. The van der Waals surface area contributed by atoms with Gasteiger partial charge in [0.05, 0.1) is 5.56 Å². The molecule has 0 saturated heterocycles. The molecule has 2 N–H and O–H groups in total. The van der Waals surface area contributed by atoms with Crippen molar-refractivity contribution >= 4 is 40.0 Å². The minimum atomic E-state index is 0.377. The molecule has 0 radical (unpaired) electrons. The van der Waals surface area contributed by atoms with Gasteiger partial charge in [-0.15, -0.1) is 0 Å². The molecule has 0 unspecified atom stereocenters. The molecule has 0 spiro atoms. The van der Waals surface area contributed by atoms with Gasteiger partial charge in [0.15, 0.2) is 11.6 Å². The molecule has 1 aromatic heterocycles. The van der Waals surface area contributed by atoms with Gasteiger partial charge >= 0.3 is 0 Å². The molecule has 0 saturated carbocycles. The topological polar surface area (TPSA) is 52.0 Å². The highest BCUT2D eigenvalue weighted by Crippen LogP contribution is 2.39. The molecule has 0 bridgehead atoms. The van der Waals surface area contributed by atoms with Crippen molar-refractivity contribution in [2.75, 3.05) is 5.73 Å². The Balaban J connectivity index is 2.24. The van der Waals surface area contributed by atoms with Crippen LogP contribution < -0.4 is 5.73 Å². The summed E-state index contributed by atoms with van der Waals surface area (Å²) in [6, 6.07) is 15.4. The van der Waals surface area contributed by atoms with E-state index in [9.17, 15) is 0 Å². The zero-order valence-electron chi connectivity index (χ0n) is 10.3. The van der Waals surface area contributed by atoms with Gasteiger partial charge in [0.2, 0.25) is 0 Å². The Labute approximate surface area is 134 Å². The van der Waals surface area contributed by atoms with E-state index in [-0.39, 0.29) is 0 Å². The van der Waals surface area contributed by atoms with Crippen LogP contribution in [0.2, 0.25) is 5.02 Å². The summed E-state index contributed by atoms with van der Waals surface area (Å²) in [4.78, 5) is 0. The van der Waals surface area contributed by atoms with Crippen molar-refractivity contribution in [2.45, 2.75) is 0 Å². The van der Waals surface area contributed by atoms with Gasteiger partial charge in [-0.3, -0.25) is 0 Å². The molecule has 0 aliphatic rings. The fraction of sp³-hybridized carbons (Fsp3) is 0. The summed E-state index contributed by atoms with van der Waals surface area (Å²) in [5.41, 5.74) is 8.62. The van der Waals surface area contributed by atoms with Crippen molar-refractivity contribution in [1.82, 2.24) is 5.16 Å². The number of nitrogen functional groups attached to an aromatic ring is 1. The third-order valence-electron chi connectivity index (χ3n) is 2.95. The first-order chi connectivity index (χ1) is 9.66. The number of benzene rings is 2. The van der Waals surface area contributed by atoms with Crippen molar-refractivity contribution in [3.05, 3.63) is 57.1 Å². The number of hydrogen-bond acceptors (Lipinski definition) is 3. The maximum Gasteiger partial charge on any atom is 0.178 e. The standard InChI is InChI=1S/C15H10ClIN2O/c16-10-6-7-12(17)11(8-10)14-13(15(18)19-20-14)9-4-2-1-3-5-9/h1-8H,(H2,18,19). The number of nitrogens with two attached hydrogens (primary N) is 1. The monoisotopic (exact) mass is 396 g/mol. The van der Waals surface area contributed by atoms with Gasteiger partial charge in [0, 0.05) is 14.2 Å². The van der Waals surface area contributed by atoms with Crippen molar-refractivity contribution in [3.8, 4) is 22.5 Å². The molecule has 3 aromatic rings. The van der Waals surface area contributed by atoms with E-state index in [1.807, 2.05) is 48.5 Å². The number of aromatic nitrogens is 1. The van der Waals surface area contributed by atoms with Crippen molar-refractivity contribution < 1.29 is 4.52 Å². The summed E-state index contributed by atoms with van der Waals surface area (Å²) < 4.78 is 6.46. The summed E-state index contributed by atoms with van der Waals surface area (Å²) in [7, 11) is 0. The molecule has 0 fully saturated rings. The van der Waals surface area contributed by atoms with E-state index >= 15 is 0 Å². The van der Waals surface area contributed by atoms with Gasteiger partial charge in [-0.2, -0.15) is 0 Å². The van der Waals surface area contributed by atoms with Crippen molar-refractivity contribution in [3.63, 3.8) is 0 Å². The number of nitrogens with zero attached hydrogens (tertiary/aromatic N) is 1. The van der Waals surface area contributed by atoms with Gasteiger partial charge in [0.25, 0.3) is 0 Å². The third kappa shape index (κ3) is 2.41. The normalized spacial score (nSPS) is 10.7. The second-order valence-electron chi connectivity index (χ2n) is 4.26. The molecule has 0 atom stereocenters. The maximum absolute atomic E-state index is 6.08. The molecule has 3 nitrogen and oxygen atoms in total. The number of anilines is 1. The zero-order chi connectivity index (χ0) is 14.1. The van der Waals surface area contributed by atoms with Crippen LogP contribution in [0.25, 0.3) is 22.5 Å². The van der Waals surface area contributed by atoms with Gasteiger partial charge < -0.3 is 10.3 Å². The van der Waals surface area contributed by atoms with E-state index in [0.717, 1.165) is 20.3 Å². The fourth-order valence-corrected chi connectivity index (χ4v) is 2.79. The van der Waals surface area contributed by atoms with Crippen LogP contribution in [-0.2, 0) is 0 Å². The third-order valence-corrected chi connectivity index (χ3v) is 4.13. The minimum absolute atomic E-state index is 0.377. The molecule has 0 amide bonds. The Morgan fingerprint density at radius 2 is 1.85 bits per heavy atom. The summed E-state index contributed by atoms with van der Waals surface area (Å²) in [6.45, 7) is 0. The van der Waals surface area contributed by atoms with Crippen molar-refractivity contribution in [2.24, 2.45) is 0 Å². The van der Waals surface area contributed by atoms with Crippen LogP contribution in [0.15, 0.2) is 53.1 Å². The molecule has 100 valence electrons. The molecule has 5 heteroatoms. The van der Waals surface area contributed by atoms with Crippen LogP contribution in [0, 0.1) is 3.57 Å². The first-order valence-corrected chi connectivity index (χ1v) is 7.38. The number of rotatable bonds is 2. The summed E-state index contributed by atoms with van der Waals surface area (Å²) in [5, 5.41) is 4.54. The summed E-state index contributed by atoms with van der Waals surface area (Å²) in [5.74, 6) is 1.02. The van der Waals surface area contributed by atoms with E-state index in [2.05, 4.69) is 27.7 Å². The van der Waals surface area contributed by atoms with E-state index in [1.165, 1.54) is 0 Å². The fourth-order valence-electron chi connectivity index (χ4n) is 2.04. The Bertz CT molecular complexity index is 756. The van der Waals surface area contributed by atoms with E-state index < -0.39 is 0 Å². The Morgan fingerprint density at radius 1 is 1.10 bits per heavy atom. The Hall–Kier alpha value is -1.53. The predicted octanol–water partition coefficient (Wildman–Crippen LogP) is 4.85. The quantitative estimate of drug-likeness (QED) is 0.630. The minimum Gasteiger partial charge on any atom is -0.380 e. The lowest BCUT2D eigenvalue weighted by Crippen LogP contribution is -1.89. The Morgan fingerprint density at radius 3 is 2.60 bits per heavy atom. The van der Waals surface area contributed by atoms with Gasteiger partial charge in [-0.05, 0) is 46.4 Å². The predicted molar refractivity (Wildman–Crippen MR) is 89.5 cm³/mol. The highest BCUT2D eigenvalue weighted by atomic mass is 127. The van der Waals surface area contributed by atoms with Crippen LogP contribution in [0.5, 0.6) is 0 Å². The molecule has 0 aliphatic heterocycles. The highest BCUT2D eigenvalue weighted by Gasteiger charge is 2.19. The molecule has 20 heavy (non-hydrogen) atoms. The second kappa shape index (κ2) is 5.46. The molecule has 0 aliphatic carbocycles.